The van der Waals surface area contributed by atoms with Gasteiger partial charge in [-0.15, -0.1) is 0 Å². The van der Waals surface area contributed by atoms with Crippen molar-refractivity contribution in [2.75, 3.05) is 18.5 Å². The maximum Gasteiger partial charge on any atom is 0.411 e. The number of halogens is 2. The molecule has 0 aliphatic carbocycles. The summed E-state index contributed by atoms with van der Waals surface area (Å²) in [5.74, 6) is -0.831. The van der Waals surface area contributed by atoms with Gasteiger partial charge in [0.25, 0.3) is 0 Å². The first-order chi connectivity index (χ1) is 11.5. The molecule has 8 heteroatoms. The van der Waals surface area contributed by atoms with Gasteiger partial charge in [-0.2, -0.15) is 0 Å². The van der Waals surface area contributed by atoms with Crippen molar-refractivity contribution in [1.29, 1.82) is 0 Å². The SMILES string of the molecule is CC.CCOC(=O)Nc1c(C(=O)OCC)oc2c(Cl)cc(Br)cc12. The lowest BCUT2D eigenvalue weighted by molar-refractivity contribution is 0.0494. The lowest BCUT2D eigenvalue weighted by Crippen LogP contribution is -2.15. The van der Waals surface area contributed by atoms with Crippen LogP contribution in [0.4, 0.5) is 10.5 Å². The molecule has 0 fully saturated rings. The highest BCUT2D eigenvalue weighted by molar-refractivity contribution is 9.10. The minimum Gasteiger partial charge on any atom is -0.460 e. The van der Waals surface area contributed by atoms with E-state index < -0.39 is 12.1 Å². The van der Waals surface area contributed by atoms with Gasteiger partial charge >= 0.3 is 12.1 Å². The minimum atomic E-state index is -0.702. The van der Waals surface area contributed by atoms with Crippen LogP contribution in [-0.2, 0) is 9.47 Å². The number of carbonyl (C=O) groups is 2. The highest BCUT2D eigenvalue weighted by Gasteiger charge is 2.25. The molecule has 0 saturated heterocycles. The molecular weight excluding hydrogens is 402 g/mol. The highest BCUT2D eigenvalue weighted by Crippen LogP contribution is 2.38. The van der Waals surface area contributed by atoms with Gasteiger partial charge in [0.2, 0.25) is 5.76 Å². The van der Waals surface area contributed by atoms with Crippen LogP contribution in [0.3, 0.4) is 0 Å². The number of rotatable bonds is 4. The summed E-state index contributed by atoms with van der Waals surface area (Å²) in [6, 6.07) is 3.30. The van der Waals surface area contributed by atoms with Crippen molar-refractivity contribution in [3.8, 4) is 0 Å². The van der Waals surface area contributed by atoms with E-state index in [0.717, 1.165) is 0 Å². The van der Waals surface area contributed by atoms with Gasteiger partial charge in [-0.25, -0.2) is 9.59 Å². The fraction of sp³-hybridized carbons (Fsp3) is 0.375. The molecule has 0 aliphatic heterocycles. The first kappa shape index (κ1) is 20.3. The second kappa shape index (κ2) is 9.54. The molecule has 1 aromatic carbocycles. The van der Waals surface area contributed by atoms with Crippen molar-refractivity contribution in [3.63, 3.8) is 0 Å². The van der Waals surface area contributed by atoms with Crippen LogP contribution >= 0.6 is 27.5 Å². The largest absolute Gasteiger partial charge is 0.460 e. The Labute approximate surface area is 153 Å². The Morgan fingerprint density at radius 3 is 2.42 bits per heavy atom. The molecule has 2 aromatic rings. The molecule has 2 rings (SSSR count). The smallest absolute Gasteiger partial charge is 0.411 e. The number of amides is 1. The molecule has 0 aliphatic rings. The third-order valence-corrected chi connectivity index (χ3v) is 3.41. The number of benzene rings is 1. The van der Waals surface area contributed by atoms with Gasteiger partial charge in [0.15, 0.2) is 5.58 Å². The van der Waals surface area contributed by atoms with Gasteiger partial charge in [0.1, 0.15) is 5.69 Å². The zero-order valence-corrected chi connectivity index (χ0v) is 16.2. The number of hydrogen-bond donors (Lipinski definition) is 1. The number of hydrogen-bond acceptors (Lipinski definition) is 5. The fourth-order valence-corrected chi connectivity index (χ4v) is 2.71. The van der Waals surface area contributed by atoms with E-state index in [2.05, 4.69) is 21.2 Å². The van der Waals surface area contributed by atoms with E-state index in [9.17, 15) is 9.59 Å². The van der Waals surface area contributed by atoms with Crippen LogP contribution in [0.2, 0.25) is 5.02 Å². The summed E-state index contributed by atoms with van der Waals surface area (Å²) in [6.45, 7) is 7.71. The van der Waals surface area contributed by atoms with E-state index in [1.54, 1.807) is 26.0 Å². The summed E-state index contributed by atoms with van der Waals surface area (Å²) in [7, 11) is 0. The van der Waals surface area contributed by atoms with Crippen LogP contribution in [0.1, 0.15) is 38.2 Å². The molecule has 1 N–H and O–H groups in total. The Morgan fingerprint density at radius 2 is 1.83 bits per heavy atom. The monoisotopic (exact) mass is 419 g/mol. The second-order valence-electron chi connectivity index (χ2n) is 4.14. The quantitative estimate of drug-likeness (QED) is 0.649. The number of nitrogens with one attached hydrogen (secondary N) is 1. The van der Waals surface area contributed by atoms with Gasteiger partial charge in [0.05, 0.1) is 18.2 Å². The Balaban J connectivity index is 0.00000139. The number of furan rings is 1. The molecule has 132 valence electrons. The third kappa shape index (κ3) is 4.64. The Morgan fingerprint density at radius 1 is 1.21 bits per heavy atom. The zero-order chi connectivity index (χ0) is 18.3. The number of anilines is 1. The summed E-state index contributed by atoms with van der Waals surface area (Å²) in [5.41, 5.74) is 0.440. The maximum atomic E-state index is 12.0. The van der Waals surface area contributed by atoms with Crippen LogP contribution < -0.4 is 5.32 Å². The summed E-state index contributed by atoms with van der Waals surface area (Å²) in [4.78, 5) is 23.7. The van der Waals surface area contributed by atoms with E-state index in [1.807, 2.05) is 13.8 Å². The molecular formula is C16H19BrClNO5. The average molecular weight is 421 g/mol. The minimum absolute atomic E-state index is 0.134. The van der Waals surface area contributed by atoms with Crippen molar-refractivity contribution in [3.05, 3.63) is 27.4 Å². The fourth-order valence-electron chi connectivity index (χ4n) is 1.86. The van der Waals surface area contributed by atoms with Crippen molar-refractivity contribution in [2.45, 2.75) is 27.7 Å². The summed E-state index contributed by atoms with van der Waals surface area (Å²) in [5, 5.41) is 3.26. The lowest BCUT2D eigenvalue weighted by Gasteiger charge is -2.05. The van der Waals surface area contributed by atoms with Gasteiger partial charge in [0, 0.05) is 9.86 Å². The molecule has 6 nitrogen and oxygen atoms in total. The molecule has 1 amide bonds. The van der Waals surface area contributed by atoms with Crippen molar-refractivity contribution < 1.29 is 23.5 Å². The molecule has 0 saturated carbocycles. The zero-order valence-electron chi connectivity index (χ0n) is 13.9. The molecule has 0 atom stereocenters. The first-order valence-corrected chi connectivity index (χ1v) is 8.67. The van der Waals surface area contributed by atoms with Crippen LogP contribution in [0, 0.1) is 0 Å². The van der Waals surface area contributed by atoms with E-state index >= 15 is 0 Å². The molecule has 0 spiro atoms. The van der Waals surface area contributed by atoms with E-state index in [4.69, 9.17) is 25.5 Å². The standard InChI is InChI=1S/C14H13BrClNO5.C2H6/c1-3-20-13(18)12-10(17-14(19)21-4-2)8-5-7(15)6-9(16)11(8)22-12;1-2/h5-6H,3-4H2,1-2H3,(H,17,19);1-2H3. The van der Waals surface area contributed by atoms with Gasteiger partial charge in [-0.05, 0) is 26.0 Å². The average Bonchev–Trinajstić information content (AvgIpc) is 2.89. The molecule has 24 heavy (non-hydrogen) atoms. The molecule has 0 radical (unpaired) electrons. The Bertz CT molecular complexity index is 729. The highest BCUT2D eigenvalue weighted by atomic mass is 79.9. The maximum absolute atomic E-state index is 12.0. The topological polar surface area (TPSA) is 77.8 Å². The third-order valence-electron chi connectivity index (χ3n) is 2.67. The number of ether oxygens (including phenoxy) is 2. The predicted molar refractivity (Wildman–Crippen MR) is 96.9 cm³/mol. The summed E-state index contributed by atoms with van der Waals surface area (Å²) in [6.07, 6.45) is -0.702. The molecule has 1 heterocycles. The molecule has 0 unspecified atom stereocenters. The van der Waals surface area contributed by atoms with Gasteiger partial charge < -0.3 is 13.9 Å². The van der Waals surface area contributed by atoms with Crippen LogP contribution in [0.5, 0.6) is 0 Å². The molecule has 1 aromatic heterocycles. The van der Waals surface area contributed by atoms with Gasteiger partial charge in [-0.3, -0.25) is 5.32 Å². The second-order valence-corrected chi connectivity index (χ2v) is 5.46. The van der Waals surface area contributed by atoms with Crippen molar-refractivity contribution in [2.24, 2.45) is 0 Å². The number of esters is 1. The van der Waals surface area contributed by atoms with E-state index in [0.29, 0.717) is 14.9 Å². The first-order valence-electron chi connectivity index (χ1n) is 7.50. The summed E-state index contributed by atoms with van der Waals surface area (Å²) >= 11 is 9.41. The Kier molecular flexibility index (Phi) is 8.07. The summed E-state index contributed by atoms with van der Waals surface area (Å²) < 4.78 is 15.9. The van der Waals surface area contributed by atoms with Crippen LogP contribution in [-0.4, -0.2) is 25.3 Å². The normalized spacial score (nSPS) is 9.92. The van der Waals surface area contributed by atoms with E-state index in [-0.39, 0.29) is 30.2 Å². The van der Waals surface area contributed by atoms with Crippen molar-refractivity contribution >= 4 is 56.3 Å². The number of carbonyl (C=O) groups excluding carboxylic acids is 2. The van der Waals surface area contributed by atoms with Crippen LogP contribution in [0.15, 0.2) is 21.0 Å². The molecule has 0 bridgehead atoms. The van der Waals surface area contributed by atoms with Crippen LogP contribution in [0.25, 0.3) is 11.0 Å². The van der Waals surface area contributed by atoms with Crippen molar-refractivity contribution in [1.82, 2.24) is 0 Å². The number of fused-ring (bicyclic) bond motifs is 1. The lowest BCUT2D eigenvalue weighted by atomic mass is 10.2. The predicted octanol–water partition coefficient (Wildman–Crippen LogP) is 5.62. The Hall–Kier alpha value is -1.73. The van der Waals surface area contributed by atoms with Gasteiger partial charge in [-0.1, -0.05) is 41.4 Å². The van der Waals surface area contributed by atoms with E-state index in [1.165, 1.54) is 0 Å².